The van der Waals surface area contributed by atoms with Crippen LogP contribution in [0, 0.1) is 0 Å². The fourth-order valence-electron chi connectivity index (χ4n) is 2.81. The predicted octanol–water partition coefficient (Wildman–Crippen LogP) is 3.54. The second-order valence-electron chi connectivity index (χ2n) is 6.19. The maximum absolute atomic E-state index is 12.3. The standard InChI is InChI=1S/C17H29N3OS/c1-3-4-5-7-15(2)18-17(21)20-11-9-19(10-12-20)14-16-8-6-13-22-16/h6,8,13,15H,3-5,7,9-12,14H2,1-2H3,(H,18,21). The lowest BCUT2D eigenvalue weighted by molar-refractivity contribution is 0.134. The molecule has 1 aliphatic rings. The van der Waals surface area contributed by atoms with Gasteiger partial charge in [0.05, 0.1) is 0 Å². The van der Waals surface area contributed by atoms with Gasteiger partial charge in [-0.3, -0.25) is 4.90 Å². The second kappa shape index (κ2) is 9.16. The lowest BCUT2D eigenvalue weighted by Gasteiger charge is -2.35. The van der Waals surface area contributed by atoms with E-state index in [-0.39, 0.29) is 12.1 Å². The van der Waals surface area contributed by atoms with Crippen molar-refractivity contribution >= 4 is 17.4 Å². The number of hydrogen-bond donors (Lipinski definition) is 1. The van der Waals surface area contributed by atoms with Crippen LogP contribution in [0.1, 0.15) is 44.4 Å². The van der Waals surface area contributed by atoms with E-state index in [1.807, 2.05) is 4.90 Å². The Morgan fingerprint density at radius 2 is 2.09 bits per heavy atom. The number of carbonyl (C=O) groups excluding carboxylic acids is 1. The summed E-state index contributed by atoms with van der Waals surface area (Å²) in [6.45, 7) is 8.93. The van der Waals surface area contributed by atoms with E-state index in [1.54, 1.807) is 11.3 Å². The number of thiophene rings is 1. The Bertz CT molecular complexity index is 427. The zero-order chi connectivity index (χ0) is 15.8. The normalized spacial score (nSPS) is 17.5. The van der Waals surface area contributed by atoms with Gasteiger partial charge >= 0.3 is 6.03 Å². The number of amides is 2. The Balaban J connectivity index is 1.66. The summed E-state index contributed by atoms with van der Waals surface area (Å²) in [5.41, 5.74) is 0. The molecule has 2 rings (SSSR count). The lowest BCUT2D eigenvalue weighted by Crippen LogP contribution is -2.52. The third-order valence-corrected chi connectivity index (χ3v) is 5.09. The maximum atomic E-state index is 12.3. The molecule has 0 aliphatic carbocycles. The molecule has 1 fully saturated rings. The molecule has 2 heterocycles. The van der Waals surface area contributed by atoms with Crippen molar-refractivity contribution in [2.45, 2.75) is 52.1 Å². The van der Waals surface area contributed by atoms with Crippen LogP contribution in [-0.2, 0) is 6.54 Å². The number of urea groups is 1. The maximum Gasteiger partial charge on any atom is 0.317 e. The minimum Gasteiger partial charge on any atom is -0.336 e. The average Bonchev–Trinajstić information content (AvgIpc) is 3.01. The van der Waals surface area contributed by atoms with Gasteiger partial charge in [-0.2, -0.15) is 0 Å². The molecule has 1 aromatic heterocycles. The molecule has 124 valence electrons. The van der Waals surface area contributed by atoms with Gasteiger partial charge in [0.2, 0.25) is 0 Å². The van der Waals surface area contributed by atoms with Gasteiger partial charge in [0, 0.05) is 43.6 Å². The van der Waals surface area contributed by atoms with Gasteiger partial charge in [0.15, 0.2) is 0 Å². The van der Waals surface area contributed by atoms with E-state index in [1.165, 1.54) is 24.1 Å². The summed E-state index contributed by atoms with van der Waals surface area (Å²) in [6.07, 6.45) is 4.76. The first-order chi connectivity index (χ1) is 10.7. The highest BCUT2D eigenvalue weighted by Gasteiger charge is 2.22. The second-order valence-corrected chi connectivity index (χ2v) is 7.22. The van der Waals surface area contributed by atoms with Crippen molar-refractivity contribution in [3.05, 3.63) is 22.4 Å². The van der Waals surface area contributed by atoms with Crippen LogP contribution < -0.4 is 5.32 Å². The van der Waals surface area contributed by atoms with Crippen molar-refractivity contribution in [3.8, 4) is 0 Å². The van der Waals surface area contributed by atoms with E-state index in [9.17, 15) is 4.79 Å². The highest BCUT2D eigenvalue weighted by Crippen LogP contribution is 2.13. The number of rotatable bonds is 7. The van der Waals surface area contributed by atoms with E-state index >= 15 is 0 Å². The molecule has 1 unspecified atom stereocenters. The minimum atomic E-state index is 0.111. The first-order valence-electron chi connectivity index (χ1n) is 8.49. The number of nitrogens with one attached hydrogen (secondary N) is 1. The van der Waals surface area contributed by atoms with Crippen molar-refractivity contribution in [1.82, 2.24) is 15.1 Å². The highest BCUT2D eigenvalue weighted by molar-refractivity contribution is 7.09. The molecule has 1 saturated heterocycles. The largest absolute Gasteiger partial charge is 0.336 e. The molecular formula is C17H29N3OS. The topological polar surface area (TPSA) is 35.6 Å². The van der Waals surface area contributed by atoms with Crippen LogP contribution >= 0.6 is 11.3 Å². The Morgan fingerprint density at radius 1 is 1.32 bits per heavy atom. The van der Waals surface area contributed by atoms with E-state index in [2.05, 4.69) is 41.6 Å². The summed E-state index contributed by atoms with van der Waals surface area (Å²) in [5.74, 6) is 0. The summed E-state index contributed by atoms with van der Waals surface area (Å²) < 4.78 is 0. The molecular weight excluding hydrogens is 294 g/mol. The Kier molecular flexibility index (Phi) is 7.19. The number of unbranched alkanes of at least 4 members (excludes halogenated alkanes) is 2. The van der Waals surface area contributed by atoms with Gasteiger partial charge in [0.1, 0.15) is 0 Å². The zero-order valence-corrected chi connectivity index (χ0v) is 14.7. The molecule has 22 heavy (non-hydrogen) atoms. The average molecular weight is 324 g/mol. The SMILES string of the molecule is CCCCCC(C)NC(=O)N1CCN(Cc2cccs2)CC1. The molecule has 0 aromatic carbocycles. The molecule has 1 aliphatic heterocycles. The van der Waals surface area contributed by atoms with E-state index in [4.69, 9.17) is 0 Å². The molecule has 0 saturated carbocycles. The van der Waals surface area contributed by atoms with Crippen molar-refractivity contribution < 1.29 is 4.79 Å². The third kappa shape index (κ3) is 5.61. The first-order valence-corrected chi connectivity index (χ1v) is 9.37. The molecule has 1 aromatic rings. The van der Waals surface area contributed by atoms with Gasteiger partial charge in [0.25, 0.3) is 0 Å². The van der Waals surface area contributed by atoms with Crippen molar-refractivity contribution in [2.75, 3.05) is 26.2 Å². The summed E-state index contributed by atoms with van der Waals surface area (Å²) in [5, 5.41) is 5.26. The fraction of sp³-hybridized carbons (Fsp3) is 0.706. The number of hydrogen-bond acceptors (Lipinski definition) is 3. The summed E-state index contributed by atoms with van der Waals surface area (Å²) in [4.78, 5) is 18.1. The fourth-order valence-corrected chi connectivity index (χ4v) is 3.55. The first kappa shape index (κ1) is 17.3. The van der Waals surface area contributed by atoms with Crippen LogP contribution in [-0.4, -0.2) is 48.1 Å². The quantitative estimate of drug-likeness (QED) is 0.779. The number of nitrogens with zero attached hydrogens (tertiary/aromatic N) is 2. The van der Waals surface area contributed by atoms with Gasteiger partial charge in [-0.15, -0.1) is 11.3 Å². The molecule has 4 nitrogen and oxygen atoms in total. The Hall–Kier alpha value is -1.07. The van der Waals surface area contributed by atoms with E-state index in [0.717, 1.165) is 39.1 Å². The van der Waals surface area contributed by atoms with Crippen LogP contribution in [0.5, 0.6) is 0 Å². The van der Waals surface area contributed by atoms with Crippen molar-refractivity contribution in [2.24, 2.45) is 0 Å². The van der Waals surface area contributed by atoms with Crippen LogP contribution in [0.25, 0.3) is 0 Å². The minimum absolute atomic E-state index is 0.111. The van der Waals surface area contributed by atoms with Gasteiger partial charge < -0.3 is 10.2 Å². The number of carbonyl (C=O) groups is 1. The van der Waals surface area contributed by atoms with Crippen LogP contribution in [0.2, 0.25) is 0 Å². The smallest absolute Gasteiger partial charge is 0.317 e. The van der Waals surface area contributed by atoms with Crippen LogP contribution in [0.3, 0.4) is 0 Å². The zero-order valence-electron chi connectivity index (χ0n) is 13.9. The molecule has 5 heteroatoms. The van der Waals surface area contributed by atoms with Crippen molar-refractivity contribution in [1.29, 1.82) is 0 Å². The van der Waals surface area contributed by atoms with Crippen LogP contribution in [0.4, 0.5) is 4.79 Å². The third-order valence-electron chi connectivity index (χ3n) is 4.23. The Labute approximate surface area is 138 Å². The van der Waals surface area contributed by atoms with E-state index in [0.29, 0.717) is 0 Å². The van der Waals surface area contributed by atoms with Gasteiger partial charge in [-0.1, -0.05) is 32.3 Å². The molecule has 0 radical (unpaired) electrons. The summed E-state index contributed by atoms with van der Waals surface area (Å²) in [6, 6.07) is 4.67. The molecule has 0 spiro atoms. The Morgan fingerprint density at radius 3 is 2.73 bits per heavy atom. The lowest BCUT2D eigenvalue weighted by atomic mass is 10.1. The summed E-state index contributed by atoms with van der Waals surface area (Å²) in [7, 11) is 0. The predicted molar refractivity (Wildman–Crippen MR) is 93.3 cm³/mol. The molecule has 2 amide bonds. The number of piperazine rings is 1. The van der Waals surface area contributed by atoms with Gasteiger partial charge in [-0.25, -0.2) is 4.79 Å². The van der Waals surface area contributed by atoms with Crippen molar-refractivity contribution in [3.63, 3.8) is 0 Å². The molecule has 0 bridgehead atoms. The molecule has 1 atom stereocenters. The van der Waals surface area contributed by atoms with E-state index < -0.39 is 0 Å². The van der Waals surface area contributed by atoms with Crippen LogP contribution in [0.15, 0.2) is 17.5 Å². The van der Waals surface area contributed by atoms with Gasteiger partial charge in [-0.05, 0) is 24.8 Å². The molecule has 1 N–H and O–H groups in total. The monoisotopic (exact) mass is 323 g/mol. The highest BCUT2D eigenvalue weighted by atomic mass is 32.1. The summed E-state index contributed by atoms with van der Waals surface area (Å²) >= 11 is 1.81.